The zero-order chi connectivity index (χ0) is 20.5. The zero-order valence-electron chi connectivity index (χ0n) is 14.8. The van der Waals surface area contributed by atoms with Crippen molar-refractivity contribution < 1.29 is 23.1 Å². The maximum absolute atomic E-state index is 14.0. The van der Waals surface area contributed by atoms with Crippen LogP contribution in [-0.4, -0.2) is 22.3 Å². The second-order valence-corrected chi connectivity index (χ2v) is 7.35. The molecular weight excluding hydrogens is 435 g/mol. The molecule has 146 valence electrons. The van der Waals surface area contributed by atoms with Gasteiger partial charge >= 0.3 is 12.3 Å². The molecule has 1 amide bonds. The van der Waals surface area contributed by atoms with E-state index >= 15 is 0 Å². The summed E-state index contributed by atoms with van der Waals surface area (Å²) in [5.74, 6) is 0. The number of rotatable bonds is 4. The fourth-order valence-electron chi connectivity index (χ4n) is 3.42. The predicted molar refractivity (Wildman–Crippen MR) is 105 cm³/mol. The van der Waals surface area contributed by atoms with Crippen LogP contribution in [0.2, 0.25) is 0 Å². The minimum absolute atomic E-state index is 0.134. The molecule has 0 fully saturated rings. The van der Waals surface area contributed by atoms with Gasteiger partial charge < -0.3 is 5.11 Å². The van der Waals surface area contributed by atoms with Crippen molar-refractivity contribution in [3.63, 3.8) is 0 Å². The lowest BCUT2D eigenvalue weighted by atomic mass is 9.96. The van der Waals surface area contributed by atoms with Crippen LogP contribution in [0, 0.1) is 0 Å². The highest BCUT2D eigenvalue weighted by Crippen LogP contribution is 2.43. The number of halogens is 4. The summed E-state index contributed by atoms with van der Waals surface area (Å²) in [5.41, 5.74) is 0.386. The van der Waals surface area contributed by atoms with Gasteiger partial charge in [-0.3, -0.25) is 4.90 Å². The molecule has 0 aliphatic heterocycles. The standard InChI is InChI=1S/C21H17BrF3NO2/c1-13(17-8-4-6-14-5-2-3-7-18(14)17)26(20(27)28)19(21(23,24)25)15-9-11-16(22)12-10-15/h2-13,19H,1H3,(H,27,28)/t13-,19+/m0/s1. The highest BCUT2D eigenvalue weighted by atomic mass is 79.9. The minimum atomic E-state index is -4.77. The Morgan fingerprint density at radius 3 is 2.21 bits per heavy atom. The molecule has 0 bridgehead atoms. The van der Waals surface area contributed by atoms with Crippen molar-refractivity contribution in [3.05, 3.63) is 82.3 Å². The van der Waals surface area contributed by atoms with E-state index in [9.17, 15) is 23.1 Å². The van der Waals surface area contributed by atoms with E-state index in [0.717, 1.165) is 10.8 Å². The van der Waals surface area contributed by atoms with Gasteiger partial charge in [0, 0.05) is 4.47 Å². The Balaban J connectivity index is 2.14. The van der Waals surface area contributed by atoms with Crippen LogP contribution in [0.3, 0.4) is 0 Å². The van der Waals surface area contributed by atoms with Crippen LogP contribution in [0.1, 0.15) is 30.1 Å². The fourth-order valence-corrected chi connectivity index (χ4v) is 3.68. The van der Waals surface area contributed by atoms with Gasteiger partial charge in [0.2, 0.25) is 0 Å². The predicted octanol–water partition coefficient (Wildman–Crippen LogP) is 6.95. The van der Waals surface area contributed by atoms with Crippen LogP contribution in [0.15, 0.2) is 71.2 Å². The van der Waals surface area contributed by atoms with Crippen molar-refractivity contribution in [1.29, 1.82) is 0 Å². The lowest BCUT2D eigenvalue weighted by Crippen LogP contribution is -2.43. The normalized spacial score (nSPS) is 13.9. The summed E-state index contributed by atoms with van der Waals surface area (Å²) >= 11 is 3.19. The first kappa shape index (κ1) is 20.2. The number of hydrogen-bond donors (Lipinski definition) is 1. The van der Waals surface area contributed by atoms with Crippen LogP contribution in [0.5, 0.6) is 0 Å². The maximum atomic E-state index is 14.0. The van der Waals surface area contributed by atoms with Crippen molar-refractivity contribution in [1.82, 2.24) is 4.90 Å². The van der Waals surface area contributed by atoms with Gasteiger partial charge in [0.05, 0.1) is 6.04 Å². The number of carbonyl (C=O) groups is 1. The number of benzene rings is 3. The first-order valence-electron chi connectivity index (χ1n) is 8.51. The molecule has 0 saturated heterocycles. The van der Waals surface area contributed by atoms with E-state index in [0.29, 0.717) is 14.9 Å². The van der Waals surface area contributed by atoms with Gasteiger partial charge in [-0.1, -0.05) is 70.5 Å². The number of alkyl halides is 3. The summed E-state index contributed by atoms with van der Waals surface area (Å²) in [6.45, 7) is 1.48. The summed E-state index contributed by atoms with van der Waals surface area (Å²) in [4.78, 5) is 12.5. The third-order valence-electron chi connectivity index (χ3n) is 4.69. The Bertz CT molecular complexity index is 984. The van der Waals surface area contributed by atoms with Gasteiger partial charge in [-0.2, -0.15) is 13.2 Å². The Hall–Kier alpha value is -2.54. The molecule has 0 aromatic heterocycles. The van der Waals surface area contributed by atoms with Crippen LogP contribution >= 0.6 is 15.9 Å². The van der Waals surface area contributed by atoms with Gasteiger partial charge in [-0.05, 0) is 41.0 Å². The van der Waals surface area contributed by atoms with E-state index in [1.807, 2.05) is 18.2 Å². The Kier molecular flexibility index (Phi) is 5.65. The largest absolute Gasteiger partial charge is 0.465 e. The lowest BCUT2D eigenvalue weighted by molar-refractivity contribution is -0.185. The van der Waals surface area contributed by atoms with E-state index in [1.165, 1.54) is 31.2 Å². The van der Waals surface area contributed by atoms with Gasteiger partial charge in [0.1, 0.15) is 0 Å². The molecule has 0 unspecified atom stereocenters. The molecule has 3 aromatic carbocycles. The zero-order valence-corrected chi connectivity index (χ0v) is 16.4. The van der Waals surface area contributed by atoms with Gasteiger partial charge in [-0.25, -0.2) is 4.79 Å². The summed E-state index contributed by atoms with van der Waals surface area (Å²) in [6.07, 6.45) is -6.41. The highest BCUT2D eigenvalue weighted by Gasteiger charge is 2.48. The van der Waals surface area contributed by atoms with E-state index in [1.54, 1.807) is 24.3 Å². The van der Waals surface area contributed by atoms with Crippen molar-refractivity contribution in [2.45, 2.75) is 25.2 Å². The molecule has 0 heterocycles. The average molecular weight is 452 g/mol. The molecule has 2 atom stereocenters. The Morgan fingerprint density at radius 2 is 1.61 bits per heavy atom. The quantitative estimate of drug-likeness (QED) is 0.466. The molecule has 0 aliphatic rings. The Morgan fingerprint density at radius 1 is 1.00 bits per heavy atom. The number of carboxylic acid groups (broad SMARTS) is 1. The van der Waals surface area contributed by atoms with Gasteiger partial charge in [0.15, 0.2) is 6.04 Å². The van der Waals surface area contributed by atoms with Gasteiger partial charge in [-0.15, -0.1) is 0 Å². The number of fused-ring (bicyclic) bond motifs is 1. The van der Waals surface area contributed by atoms with E-state index < -0.39 is 24.4 Å². The average Bonchev–Trinajstić information content (AvgIpc) is 2.65. The molecule has 28 heavy (non-hydrogen) atoms. The number of nitrogens with zero attached hydrogens (tertiary/aromatic N) is 1. The molecule has 0 aliphatic carbocycles. The highest BCUT2D eigenvalue weighted by molar-refractivity contribution is 9.10. The SMILES string of the molecule is C[C@@H](c1cccc2ccccc12)N(C(=O)O)[C@H](c1ccc(Br)cc1)C(F)(F)F. The maximum Gasteiger partial charge on any atom is 0.413 e. The summed E-state index contributed by atoms with van der Waals surface area (Å²) in [7, 11) is 0. The topological polar surface area (TPSA) is 40.5 Å². The molecule has 3 rings (SSSR count). The molecule has 7 heteroatoms. The summed E-state index contributed by atoms with van der Waals surface area (Å²) < 4.78 is 42.6. The first-order chi connectivity index (χ1) is 13.2. The molecule has 3 nitrogen and oxygen atoms in total. The van der Waals surface area contributed by atoms with Crippen molar-refractivity contribution in [2.24, 2.45) is 0 Å². The van der Waals surface area contributed by atoms with Crippen LogP contribution < -0.4 is 0 Å². The third-order valence-corrected chi connectivity index (χ3v) is 5.21. The second-order valence-electron chi connectivity index (χ2n) is 6.43. The monoisotopic (exact) mass is 451 g/mol. The molecule has 0 radical (unpaired) electrons. The second kappa shape index (κ2) is 7.83. The van der Waals surface area contributed by atoms with E-state index in [4.69, 9.17) is 0 Å². The van der Waals surface area contributed by atoms with Crippen LogP contribution in [0.25, 0.3) is 10.8 Å². The molecular formula is C21H17BrF3NO2. The van der Waals surface area contributed by atoms with Crippen LogP contribution in [-0.2, 0) is 0 Å². The number of amides is 1. The molecule has 0 saturated carbocycles. The molecule has 3 aromatic rings. The van der Waals surface area contributed by atoms with Crippen molar-refractivity contribution in [2.75, 3.05) is 0 Å². The minimum Gasteiger partial charge on any atom is -0.465 e. The molecule has 0 spiro atoms. The summed E-state index contributed by atoms with van der Waals surface area (Å²) in [6, 6.07) is 14.7. The van der Waals surface area contributed by atoms with Gasteiger partial charge in [0.25, 0.3) is 0 Å². The number of hydrogen-bond acceptors (Lipinski definition) is 1. The first-order valence-corrected chi connectivity index (χ1v) is 9.30. The van der Waals surface area contributed by atoms with E-state index in [-0.39, 0.29) is 5.56 Å². The van der Waals surface area contributed by atoms with E-state index in [2.05, 4.69) is 15.9 Å². The smallest absolute Gasteiger partial charge is 0.413 e. The Labute approximate surface area is 168 Å². The summed E-state index contributed by atoms with van der Waals surface area (Å²) in [5, 5.41) is 11.3. The molecule has 1 N–H and O–H groups in total. The third kappa shape index (κ3) is 3.99. The van der Waals surface area contributed by atoms with Crippen molar-refractivity contribution >= 4 is 32.8 Å². The van der Waals surface area contributed by atoms with Crippen molar-refractivity contribution in [3.8, 4) is 0 Å². The fraction of sp³-hybridized carbons (Fsp3) is 0.190. The van der Waals surface area contributed by atoms with Crippen LogP contribution in [0.4, 0.5) is 18.0 Å². The lowest BCUT2D eigenvalue weighted by Gasteiger charge is -2.36.